The van der Waals surface area contributed by atoms with E-state index in [9.17, 15) is 14.9 Å². The minimum atomic E-state index is -0.278. The van der Waals surface area contributed by atoms with Gasteiger partial charge in [-0.1, -0.05) is 38.1 Å². The van der Waals surface area contributed by atoms with Crippen molar-refractivity contribution in [1.82, 2.24) is 5.32 Å². The molecule has 1 aliphatic heterocycles. The Morgan fingerprint density at radius 1 is 1.24 bits per heavy atom. The van der Waals surface area contributed by atoms with Gasteiger partial charge >= 0.3 is 0 Å². The summed E-state index contributed by atoms with van der Waals surface area (Å²) in [5.41, 5.74) is 3.39. The largest absolute Gasteiger partial charge is 0.366 e. The Morgan fingerprint density at radius 3 is 2.59 bits per heavy atom. The lowest BCUT2D eigenvalue weighted by Crippen LogP contribution is -2.33. The van der Waals surface area contributed by atoms with Crippen LogP contribution in [0.5, 0.6) is 0 Å². The van der Waals surface area contributed by atoms with Crippen LogP contribution in [0.2, 0.25) is 0 Å². The second kappa shape index (κ2) is 9.07. The number of amides is 1. The Labute approximate surface area is 172 Å². The van der Waals surface area contributed by atoms with Crippen LogP contribution in [0.25, 0.3) is 0 Å². The number of rotatable bonds is 6. The normalized spacial score (nSPS) is 15.8. The highest BCUT2D eigenvalue weighted by atomic mass is 16.6. The molecule has 1 saturated heterocycles. The second-order valence-corrected chi connectivity index (χ2v) is 8.02. The molecule has 1 fully saturated rings. The van der Waals surface area contributed by atoms with Crippen molar-refractivity contribution in [2.24, 2.45) is 5.92 Å². The average molecular weight is 396 g/mol. The molecule has 6 heteroatoms. The highest BCUT2D eigenvalue weighted by molar-refractivity contribution is 5.95. The Hall–Kier alpha value is -2.89. The number of benzene rings is 2. The maximum absolute atomic E-state index is 12.2. The van der Waals surface area contributed by atoms with E-state index in [0.29, 0.717) is 23.6 Å². The Bertz CT molecular complexity index is 889. The molecule has 154 valence electrons. The lowest BCUT2D eigenvalue weighted by molar-refractivity contribution is -0.384. The van der Waals surface area contributed by atoms with Crippen LogP contribution in [0.4, 0.5) is 11.4 Å². The fourth-order valence-electron chi connectivity index (χ4n) is 4.09. The van der Waals surface area contributed by atoms with Crippen LogP contribution in [0.3, 0.4) is 0 Å². The molecule has 29 heavy (non-hydrogen) atoms. The molecule has 1 N–H and O–H groups in total. The van der Waals surface area contributed by atoms with Gasteiger partial charge in [0.15, 0.2) is 0 Å². The van der Waals surface area contributed by atoms with E-state index in [4.69, 9.17) is 0 Å². The summed E-state index contributed by atoms with van der Waals surface area (Å²) in [6.07, 6.45) is 2.75. The molecular weight excluding hydrogens is 366 g/mol. The first-order valence-electron chi connectivity index (χ1n) is 10.2. The van der Waals surface area contributed by atoms with Crippen molar-refractivity contribution in [3.8, 4) is 0 Å². The van der Waals surface area contributed by atoms with Gasteiger partial charge in [-0.2, -0.15) is 0 Å². The minimum Gasteiger partial charge on any atom is -0.366 e. The molecular formula is C23H29N3O3. The fourth-order valence-corrected chi connectivity index (χ4v) is 4.09. The third kappa shape index (κ3) is 4.75. The number of hydrogen-bond acceptors (Lipinski definition) is 4. The van der Waals surface area contributed by atoms with Gasteiger partial charge in [-0.25, -0.2) is 0 Å². The van der Waals surface area contributed by atoms with Crippen LogP contribution in [0.15, 0.2) is 42.5 Å². The van der Waals surface area contributed by atoms with Crippen LogP contribution in [-0.4, -0.2) is 31.0 Å². The zero-order valence-corrected chi connectivity index (χ0v) is 17.4. The van der Waals surface area contributed by atoms with Gasteiger partial charge < -0.3 is 10.2 Å². The maximum atomic E-state index is 12.2. The molecule has 3 rings (SSSR count). The van der Waals surface area contributed by atoms with Gasteiger partial charge in [-0.3, -0.25) is 14.9 Å². The minimum absolute atomic E-state index is 0.0600. The van der Waals surface area contributed by atoms with Gasteiger partial charge in [-0.05, 0) is 54.4 Å². The molecule has 1 aliphatic rings. The van der Waals surface area contributed by atoms with Gasteiger partial charge in [0.25, 0.3) is 11.6 Å². The van der Waals surface area contributed by atoms with Crippen molar-refractivity contribution in [2.75, 3.05) is 25.0 Å². The number of hydrogen-bond donors (Lipinski definition) is 1. The predicted molar refractivity (Wildman–Crippen MR) is 116 cm³/mol. The Morgan fingerprint density at radius 2 is 1.93 bits per heavy atom. The summed E-state index contributed by atoms with van der Waals surface area (Å²) in [5.74, 6) is 0.615. The summed E-state index contributed by atoms with van der Waals surface area (Å²) in [7, 11) is 1.62. The Balaban J connectivity index is 1.84. The molecule has 1 atom stereocenters. The number of nitrogens with one attached hydrogen (secondary N) is 1. The lowest BCUT2D eigenvalue weighted by Gasteiger charge is -2.31. The number of anilines is 1. The highest BCUT2D eigenvalue weighted by Crippen LogP contribution is 2.34. The Kier molecular flexibility index (Phi) is 6.52. The smallest absolute Gasteiger partial charge is 0.292 e. The molecule has 2 aromatic carbocycles. The number of nitro groups is 1. The summed E-state index contributed by atoms with van der Waals surface area (Å²) in [6.45, 7) is 5.99. The van der Waals surface area contributed by atoms with E-state index < -0.39 is 0 Å². The van der Waals surface area contributed by atoms with E-state index in [-0.39, 0.29) is 22.4 Å². The molecule has 6 nitrogen and oxygen atoms in total. The summed E-state index contributed by atoms with van der Waals surface area (Å²) < 4.78 is 0. The SMILES string of the molecule is CNC(=O)c1ccccc1C(C)Cc1ccc(N2CCC(C)CC2)c([N+](=O)[O-])c1. The quantitative estimate of drug-likeness (QED) is 0.576. The molecule has 2 aromatic rings. The van der Waals surface area contributed by atoms with Crippen LogP contribution in [-0.2, 0) is 6.42 Å². The number of carbonyl (C=O) groups excluding carboxylic acids is 1. The molecule has 1 unspecified atom stereocenters. The predicted octanol–water partition coefficient (Wildman–Crippen LogP) is 4.54. The summed E-state index contributed by atoms with van der Waals surface area (Å²) in [6, 6.07) is 13.1. The standard InChI is InChI=1S/C23H29N3O3/c1-16-10-12-25(13-11-16)21-9-8-18(15-22(21)26(28)29)14-17(2)19-6-4-5-7-20(19)23(27)24-3/h4-9,15-17H,10-14H2,1-3H3,(H,24,27). The third-order valence-corrected chi connectivity index (χ3v) is 5.87. The van der Waals surface area contributed by atoms with Gasteiger partial charge in [0.1, 0.15) is 5.69 Å². The summed E-state index contributed by atoms with van der Waals surface area (Å²) in [4.78, 5) is 25.8. The monoisotopic (exact) mass is 395 g/mol. The van der Waals surface area contributed by atoms with Crippen molar-refractivity contribution >= 4 is 17.3 Å². The van der Waals surface area contributed by atoms with Gasteiger partial charge in [0.2, 0.25) is 0 Å². The van der Waals surface area contributed by atoms with Crippen LogP contribution in [0, 0.1) is 16.0 Å². The molecule has 1 amide bonds. The number of nitrogens with zero attached hydrogens (tertiary/aromatic N) is 2. The fraction of sp³-hybridized carbons (Fsp3) is 0.435. The second-order valence-electron chi connectivity index (χ2n) is 8.02. The maximum Gasteiger partial charge on any atom is 0.292 e. The highest BCUT2D eigenvalue weighted by Gasteiger charge is 2.24. The van der Waals surface area contributed by atoms with Gasteiger partial charge in [0, 0.05) is 31.8 Å². The van der Waals surface area contributed by atoms with Crippen LogP contribution >= 0.6 is 0 Å². The van der Waals surface area contributed by atoms with Gasteiger partial charge in [-0.15, -0.1) is 0 Å². The third-order valence-electron chi connectivity index (χ3n) is 5.87. The summed E-state index contributed by atoms with van der Waals surface area (Å²) in [5, 5.41) is 14.4. The van der Waals surface area contributed by atoms with Crippen molar-refractivity contribution < 1.29 is 9.72 Å². The first-order chi connectivity index (χ1) is 13.9. The van der Waals surface area contributed by atoms with E-state index in [1.165, 1.54) is 0 Å². The van der Waals surface area contributed by atoms with Gasteiger partial charge in [0.05, 0.1) is 4.92 Å². The molecule has 0 radical (unpaired) electrons. The van der Waals surface area contributed by atoms with Crippen LogP contribution < -0.4 is 10.2 Å². The van der Waals surface area contributed by atoms with Crippen molar-refractivity contribution in [3.63, 3.8) is 0 Å². The number of carbonyl (C=O) groups is 1. The van der Waals surface area contributed by atoms with E-state index in [1.54, 1.807) is 13.1 Å². The molecule has 0 bridgehead atoms. The van der Waals surface area contributed by atoms with Crippen molar-refractivity contribution in [2.45, 2.75) is 39.0 Å². The van der Waals surface area contributed by atoms with E-state index in [1.807, 2.05) is 43.3 Å². The molecule has 0 saturated carbocycles. The van der Waals surface area contributed by atoms with Crippen LogP contribution in [0.1, 0.15) is 54.1 Å². The number of piperidine rings is 1. The molecule has 1 heterocycles. The van der Waals surface area contributed by atoms with E-state index in [0.717, 1.165) is 37.1 Å². The average Bonchev–Trinajstić information content (AvgIpc) is 2.73. The van der Waals surface area contributed by atoms with Crippen molar-refractivity contribution in [3.05, 3.63) is 69.3 Å². The summed E-state index contributed by atoms with van der Waals surface area (Å²) >= 11 is 0. The zero-order chi connectivity index (χ0) is 21.0. The molecule has 0 spiro atoms. The molecule has 0 aliphatic carbocycles. The number of nitro benzene ring substituents is 1. The van der Waals surface area contributed by atoms with E-state index in [2.05, 4.69) is 17.1 Å². The lowest BCUT2D eigenvalue weighted by atomic mass is 9.89. The topological polar surface area (TPSA) is 75.5 Å². The first kappa shape index (κ1) is 20.8. The zero-order valence-electron chi connectivity index (χ0n) is 17.4. The molecule has 0 aromatic heterocycles. The first-order valence-corrected chi connectivity index (χ1v) is 10.2. The van der Waals surface area contributed by atoms with E-state index >= 15 is 0 Å². The van der Waals surface area contributed by atoms with Crippen molar-refractivity contribution in [1.29, 1.82) is 0 Å².